The van der Waals surface area contributed by atoms with Gasteiger partial charge in [0.2, 0.25) is 5.82 Å². The zero-order valence-corrected chi connectivity index (χ0v) is 26.5. The molecule has 1 spiro atoms. The van der Waals surface area contributed by atoms with Gasteiger partial charge in [-0.3, -0.25) is 19.4 Å². The molecule has 44 heavy (non-hydrogen) atoms. The Kier molecular flexibility index (Phi) is 8.83. The molecule has 1 aromatic heterocycles. The number of sulfonamides is 1. The van der Waals surface area contributed by atoms with E-state index in [1.165, 1.54) is 6.07 Å². The number of hydrogen-bond acceptors (Lipinski definition) is 8. The summed E-state index contributed by atoms with van der Waals surface area (Å²) in [7, 11) is -4.09. The van der Waals surface area contributed by atoms with Gasteiger partial charge in [0.25, 0.3) is 15.9 Å². The second-order valence-electron chi connectivity index (χ2n) is 11.7. The third-order valence-electron chi connectivity index (χ3n) is 8.56. The van der Waals surface area contributed by atoms with Gasteiger partial charge in [0.15, 0.2) is 5.76 Å². The normalized spacial score (nSPS) is 18.2. The molecular weight excluding hydrogens is 604 g/mol. The average molecular weight is 641 g/mol. The number of carbonyl (C=O) groups excluding carboxylic acids is 1. The molecule has 1 saturated heterocycles. The first kappa shape index (κ1) is 30.8. The molecule has 6 rings (SSSR count). The second kappa shape index (κ2) is 12.6. The molecule has 234 valence electrons. The van der Waals surface area contributed by atoms with E-state index in [0.29, 0.717) is 36.6 Å². The van der Waals surface area contributed by atoms with Crippen LogP contribution in [0.1, 0.15) is 68.8 Å². The Morgan fingerprint density at radius 2 is 1.91 bits per heavy atom. The molecule has 1 aliphatic carbocycles. The van der Waals surface area contributed by atoms with E-state index in [2.05, 4.69) is 16.8 Å². The number of ether oxygens (including phenoxy) is 2. The summed E-state index contributed by atoms with van der Waals surface area (Å²) in [5.74, 6) is 1.21. The number of carbonyl (C=O) groups is 1. The van der Waals surface area contributed by atoms with Crippen LogP contribution in [0.5, 0.6) is 0 Å². The Hall–Kier alpha value is -3.25. The minimum atomic E-state index is -4.09. The van der Waals surface area contributed by atoms with Gasteiger partial charge in [-0.15, -0.1) is 0 Å². The maximum absolute atomic E-state index is 13.8. The lowest BCUT2D eigenvalue weighted by Crippen LogP contribution is -2.40. The van der Waals surface area contributed by atoms with Crippen LogP contribution in [0, 0.1) is 6.92 Å². The number of anilines is 1. The molecule has 3 heterocycles. The Bertz CT molecular complexity index is 1680. The molecule has 0 radical (unpaired) electrons. The number of amidine groups is 1. The number of amides is 1. The quantitative estimate of drug-likeness (QED) is 0.248. The molecule has 1 amide bonds. The number of unbranched alkanes of at least 4 members (excludes halogenated alkanes) is 1. The molecule has 2 aromatic carbocycles. The van der Waals surface area contributed by atoms with Crippen LogP contribution in [0.4, 0.5) is 5.82 Å². The van der Waals surface area contributed by atoms with E-state index in [0.717, 1.165) is 61.9 Å². The lowest BCUT2D eigenvalue weighted by Gasteiger charge is -2.27. The third kappa shape index (κ3) is 6.02. The first-order chi connectivity index (χ1) is 21.2. The number of aryl methyl sites for hydroxylation is 1. The van der Waals surface area contributed by atoms with E-state index >= 15 is 0 Å². The Balaban J connectivity index is 1.34. The van der Waals surface area contributed by atoms with Crippen molar-refractivity contribution in [2.24, 2.45) is 4.99 Å². The SMILES string of the molecule is CCCCC1=NC2(CCCC2)C(=O)N1Cc1ccc(-c2ccccc2S(=O)(=O)Nc2noc(C)c2Cl)c(COC2COC2)c1. The summed E-state index contributed by atoms with van der Waals surface area (Å²) in [6, 6.07) is 12.6. The standard InChI is InChI=1S/C32H37ClN4O6S/c1-3-4-11-28-34-32(14-7-8-15-32)31(38)37(28)17-22-12-13-25(23(16-22)18-42-24-19-41-20-24)26-9-5-6-10-27(26)44(39,40)36-30-29(33)21(2)43-35-30/h5-6,9-10,12-13,16,24H,3-4,7-8,11,14-15,17-20H2,1-2H3,(H,35,36). The number of hydrogen-bond donors (Lipinski definition) is 1. The summed E-state index contributed by atoms with van der Waals surface area (Å²) in [6.07, 6.45) is 6.38. The molecule has 0 bridgehead atoms. The molecule has 12 heteroatoms. The van der Waals surface area contributed by atoms with E-state index in [-0.39, 0.29) is 34.4 Å². The van der Waals surface area contributed by atoms with Crippen molar-refractivity contribution in [1.82, 2.24) is 10.1 Å². The molecule has 2 fully saturated rings. The van der Waals surface area contributed by atoms with Crippen molar-refractivity contribution in [2.75, 3.05) is 17.9 Å². The number of nitrogens with zero attached hydrogens (tertiary/aromatic N) is 3. The number of halogens is 1. The topological polar surface area (TPSA) is 123 Å². The van der Waals surface area contributed by atoms with Gasteiger partial charge in [0, 0.05) is 12.0 Å². The molecule has 3 aliphatic rings. The van der Waals surface area contributed by atoms with Gasteiger partial charge in [0.1, 0.15) is 22.5 Å². The van der Waals surface area contributed by atoms with E-state index in [1.807, 2.05) is 23.1 Å². The van der Waals surface area contributed by atoms with Crippen LogP contribution in [0.2, 0.25) is 5.02 Å². The lowest BCUT2D eigenvalue weighted by molar-refractivity contribution is -0.135. The Morgan fingerprint density at radius 1 is 1.14 bits per heavy atom. The van der Waals surface area contributed by atoms with Crippen molar-refractivity contribution in [3.63, 3.8) is 0 Å². The predicted octanol–water partition coefficient (Wildman–Crippen LogP) is 6.26. The number of aromatic nitrogens is 1. The highest BCUT2D eigenvalue weighted by molar-refractivity contribution is 7.92. The number of benzene rings is 2. The van der Waals surface area contributed by atoms with Gasteiger partial charge < -0.3 is 14.0 Å². The first-order valence-electron chi connectivity index (χ1n) is 15.2. The molecule has 0 atom stereocenters. The van der Waals surface area contributed by atoms with Crippen molar-refractivity contribution in [3.05, 3.63) is 64.4 Å². The largest absolute Gasteiger partial charge is 0.376 e. The van der Waals surface area contributed by atoms with Crippen molar-refractivity contribution < 1.29 is 27.2 Å². The Morgan fingerprint density at radius 3 is 2.59 bits per heavy atom. The monoisotopic (exact) mass is 640 g/mol. The van der Waals surface area contributed by atoms with Crippen molar-refractivity contribution in [2.45, 2.75) is 88.5 Å². The van der Waals surface area contributed by atoms with Gasteiger partial charge >= 0.3 is 0 Å². The summed E-state index contributed by atoms with van der Waals surface area (Å²) in [4.78, 5) is 20.7. The summed E-state index contributed by atoms with van der Waals surface area (Å²) in [5, 5.41) is 3.86. The van der Waals surface area contributed by atoms with Crippen molar-refractivity contribution in [1.29, 1.82) is 0 Å². The second-order valence-corrected chi connectivity index (χ2v) is 13.8. The fourth-order valence-electron chi connectivity index (χ4n) is 6.06. The highest BCUT2D eigenvalue weighted by Gasteiger charge is 2.49. The summed E-state index contributed by atoms with van der Waals surface area (Å²) in [5.41, 5.74) is 2.33. The Labute approximate surface area is 262 Å². The smallest absolute Gasteiger partial charge is 0.263 e. The van der Waals surface area contributed by atoms with Crippen LogP contribution < -0.4 is 4.72 Å². The molecular formula is C32H37ClN4O6S. The van der Waals surface area contributed by atoms with E-state index < -0.39 is 15.6 Å². The van der Waals surface area contributed by atoms with Crippen LogP contribution in [0.25, 0.3) is 11.1 Å². The molecule has 0 unspecified atom stereocenters. The predicted molar refractivity (Wildman–Crippen MR) is 167 cm³/mol. The van der Waals surface area contributed by atoms with Crippen molar-refractivity contribution >= 4 is 39.2 Å². The molecule has 1 N–H and O–H groups in total. The van der Waals surface area contributed by atoms with Gasteiger partial charge in [-0.2, -0.15) is 0 Å². The minimum Gasteiger partial charge on any atom is -0.376 e. The molecule has 2 aliphatic heterocycles. The number of rotatable bonds is 12. The van der Waals surface area contributed by atoms with Crippen LogP contribution in [-0.2, 0) is 37.4 Å². The van der Waals surface area contributed by atoms with Crippen molar-refractivity contribution in [3.8, 4) is 11.1 Å². The lowest BCUT2D eigenvalue weighted by atomic mass is 9.96. The highest BCUT2D eigenvalue weighted by Crippen LogP contribution is 2.40. The number of nitrogens with one attached hydrogen (secondary N) is 1. The van der Waals surface area contributed by atoms with Gasteiger partial charge in [-0.25, -0.2) is 8.42 Å². The maximum atomic E-state index is 13.8. The average Bonchev–Trinajstić information content (AvgIpc) is 3.66. The van der Waals surface area contributed by atoms with Crippen LogP contribution in [0.15, 0.2) is 56.9 Å². The first-order valence-corrected chi connectivity index (χ1v) is 17.0. The maximum Gasteiger partial charge on any atom is 0.263 e. The summed E-state index contributed by atoms with van der Waals surface area (Å²) in [6.45, 7) is 5.42. The minimum absolute atomic E-state index is 0.0279. The molecule has 3 aromatic rings. The molecule has 1 saturated carbocycles. The summed E-state index contributed by atoms with van der Waals surface area (Å²) < 4.78 is 46.1. The fraction of sp³-hybridized carbons (Fsp3) is 0.469. The third-order valence-corrected chi connectivity index (χ3v) is 10.4. The zero-order chi connectivity index (χ0) is 30.9. The zero-order valence-electron chi connectivity index (χ0n) is 25.0. The fourth-order valence-corrected chi connectivity index (χ4v) is 7.46. The van der Waals surface area contributed by atoms with Crippen LogP contribution in [-0.4, -0.2) is 55.1 Å². The van der Waals surface area contributed by atoms with E-state index in [9.17, 15) is 13.2 Å². The number of aliphatic imine (C=N–C) groups is 1. The van der Waals surface area contributed by atoms with E-state index in [4.69, 9.17) is 30.6 Å². The van der Waals surface area contributed by atoms with Crippen LogP contribution >= 0.6 is 11.6 Å². The highest BCUT2D eigenvalue weighted by atomic mass is 35.5. The van der Waals surface area contributed by atoms with Gasteiger partial charge in [0.05, 0.1) is 31.3 Å². The van der Waals surface area contributed by atoms with Gasteiger partial charge in [-0.1, -0.05) is 79.3 Å². The molecule has 10 nitrogen and oxygen atoms in total. The van der Waals surface area contributed by atoms with Gasteiger partial charge in [-0.05, 0) is 48.9 Å². The van der Waals surface area contributed by atoms with Crippen LogP contribution in [0.3, 0.4) is 0 Å². The summed E-state index contributed by atoms with van der Waals surface area (Å²) >= 11 is 6.20. The van der Waals surface area contributed by atoms with E-state index in [1.54, 1.807) is 25.1 Å².